The average molecular weight is 1450 g/mol. The number of benzene rings is 14. The first-order valence-electron chi connectivity index (χ1n) is 38.4. The van der Waals surface area contributed by atoms with E-state index in [0.29, 0.717) is 11.3 Å². The van der Waals surface area contributed by atoms with Crippen LogP contribution in [-0.2, 0) is 17.3 Å². The third-order valence-electron chi connectivity index (χ3n) is 18.9. The summed E-state index contributed by atoms with van der Waals surface area (Å²) in [6, 6.07) is 123. The second kappa shape index (κ2) is 45.8. The lowest BCUT2D eigenvalue weighted by Gasteiger charge is -2.21. The van der Waals surface area contributed by atoms with Crippen molar-refractivity contribution in [3.05, 3.63) is 471 Å². The molecule has 0 bridgehead atoms. The normalized spacial score (nSPS) is 11.9. The lowest BCUT2D eigenvalue weighted by atomic mass is 9.82. The minimum atomic E-state index is 0.237. The fourth-order valence-corrected chi connectivity index (χ4v) is 12.5. The maximum Gasteiger partial charge on any atom is 0.188 e. The molecule has 0 heterocycles. The number of hydrogen-bond acceptors (Lipinski definition) is 1. The number of aryl methyl sites for hydroxylation is 6. The maximum absolute atomic E-state index is 8.53. The van der Waals surface area contributed by atoms with E-state index in [1.807, 2.05) is 93.6 Å². The van der Waals surface area contributed by atoms with Crippen LogP contribution in [0.1, 0.15) is 146 Å². The largest absolute Gasteiger partial charge is 0.238 e. The molecule has 0 fully saturated rings. The fourth-order valence-electron chi connectivity index (χ4n) is 12.5. The molecule has 111 heavy (non-hydrogen) atoms. The summed E-state index contributed by atoms with van der Waals surface area (Å²) >= 11 is 0. The van der Waals surface area contributed by atoms with E-state index in [1.165, 1.54) is 116 Å². The van der Waals surface area contributed by atoms with Crippen molar-refractivity contribution in [3.8, 4) is 17.2 Å². The highest BCUT2D eigenvalue weighted by molar-refractivity contribution is 5.85. The van der Waals surface area contributed by atoms with Crippen LogP contribution in [0.3, 0.4) is 0 Å². The van der Waals surface area contributed by atoms with Gasteiger partial charge in [-0.15, -0.1) is 0 Å². The smallest absolute Gasteiger partial charge is 0.188 e. The van der Waals surface area contributed by atoms with Gasteiger partial charge in [0.05, 0.1) is 12.6 Å². The second-order valence-corrected chi connectivity index (χ2v) is 28.6. The molecule has 14 aromatic rings. The Bertz CT molecular complexity index is 5240. The van der Waals surface area contributed by atoms with Crippen LogP contribution >= 0.6 is 0 Å². The molecular formula is C109H110N2. The highest BCUT2D eigenvalue weighted by Crippen LogP contribution is 2.41. The number of fused-ring (bicyclic) bond motifs is 4. The van der Waals surface area contributed by atoms with Crippen molar-refractivity contribution >= 4 is 63.2 Å². The molecule has 2 nitrogen and oxygen atoms in total. The first-order valence-corrected chi connectivity index (χ1v) is 38.4. The molecule has 0 aromatic heterocycles. The van der Waals surface area contributed by atoms with E-state index in [2.05, 4.69) is 397 Å². The van der Waals surface area contributed by atoms with Crippen molar-refractivity contribution < 1.29 is 0 Å². The van der Waals surface area contributed by atoms with Crippen molar-refractivity contribution in [2.45, 2.75) is 114 Å². The minimum absolute atomic E-state index is 0.237. The maximum atomic E-state index is 8.53. The Balaban J connectivity index is 0.000000172. The van der Waals surface area contributed by atoms with Crippen LogP contribution in [-0.4, -0.2) is 0 Å². The number of rotatable bonds is 6. The Kier molecular flexibility index (Phi) is 35.3. The van der Waals surface area contributed by atoms with Crippen LogP contribution in [0.4, 0.5) is 5.69 Å². The van der Waals surface area contributed by atoms with Crippen molar-refractivity contribution in [3.63, 3.8) is 0 Å². The second-order valence-electron chi connectivity index (χ2n) is 28.6. The highest BCUT2D eigenvalue weighted by atomic mass is 14.6. The summed E-state index contributed by atoms with van der Waals surface area (Å²) in [5.41, 5.74) is 25.4. The molecule has 0 unspecified atom stereocenters. The Labute approximate surface area is 666 Å². The van der Waals surface area contributed by atoms with Crippen molar-refractivity contribution in [2.75, 3.05) is 0 Å². The lowest BCUT2D eigenvalue weighted by Crippen LogP contribution is -2.14. The molecule has 0 atom stereocenters. The van der Waals surface area contributed by atoms with Crippen molar-refractivity contribution in [1.29, 1.82) is 5.26 Å². The minimum Gasteiger partial charge on any atom is -0.238 e. The molecule has 2 aliphatic rings. The van der Waals surface area contributed by atoms with Gasteiger partial charge in [-0.25, -0.2) is 4.85 Å². The topological polar surface area (TPSA) is 28.1 Å². The first kappa shape index (κ1) is 85.5. The van der Waals surface area contributed by atoms with Crippen LogP contribution < -0.4 is 0 Å². The van der Waals surface area contributed by atoms with Gasteiger partial charge in [-0.05, 0) is 175 Å². The number of nitrogens with zero attached hydrogens (tertiary/aromatic N) is 2. The van der Waals surface area contributed by atoms with Gasteiger partial charge in [0, 0.05) is 16.4 Å². The molecule has 0 saturated carbocycles. The molecule has 0 saturated heterocycles. The Morgan fingerprint density at radius 2 is 0.820 bits per heavy atom. The van der Waals surface area contributed by atoms with Gasteiger partial charge in [-0.3, -0.25) is 0 Å². The quantitative estimate of drug-likeness (QED) is 0.120. The molecule has 0 radical (unpaired) electrons. The molecule has 16 rings (SSSR count). The van der Waals surface area contributed by atoms with Crippen molar-refractivity contribution in [1.82, 2.24) is 0 Å². The predicted octanol–water partition coefficient (Wildman–Crippen LogP) is 31.0. The summed E-state index contributed by atoms with van der Waals surface area (Å²) in [7, 11) is 0. The SMILES string of the molecule is C/C=C/c1ccccc1.C/C=C\c1ccccc1.CC1=CC(C)(C)c2ccccc21.CC1=Cc2ccccc2C1(C)C.CCc1ccccc1.Cc1ccc(-c2ccccc2)cc1.Cc1ccc(/C=C/c2ccccc2)cc1.Cc1ccc2ccccc2c1.Cc1cccc2ccccc12.[C-]#[N+]c1cc(C)cc(C#N)c1. The van der Waals surface area contributed by atoms with E-state index < -0.39 is 0 Å². The molecule has 2 aliphatic carbocycles. The van der Waals surface area contributed by atoms with Gasteiger partial charge in [0.25, 0.3) is 0 Å². The summed E-state index contributed by atoms with van der Waals surface area (Å²) in [6.07, 6.45) is 18.3. The monoisotopic (exact) mass is 1450 g/mol. The van der Waals surface area contributed by atoms with Gasteiger partial charge in [0.2, 0.25) is 0 Å². The average Bonchev–Trinajstić information content (AvgIpc) is 1.64. The van der Waals surface area contributed by atoms with Crippen LogP contribution in [0.5, 0.6) is 0 Å². The molecule has 0 aliphatic heterocycles. The van der Waals surface area contributed by atoms with E-state index in [-0.39, 0.29) is 10.8 Å². The van der Waals surface area contributed by atoms with Crippen LogP contribution in [0.2, 0.25) is 0 Å². The predicted molar refractivity (Wildman–Crippen MR) is 487 cm³/mol. The van der Waals surface area contributed by atoms with Gasteiger partial charge in [0.15, 0.2) is 5.69 Å². The fraction of sp³-hybridized carbons (Fsp3) is 0.156. The molecule has 0 amide bonds. The van der Waals surface area contributed by atoms with E-state index in [0.717, 1.165) is 12.0 Å². The highest BCUT2D eigenvalue weighted by Gasteiger charge is 2.29. The zero-order valence-corrected chi connectivity index (χ0v) is 67.7. The molecular weight excluding hydrogens is 1340 g/mol. The summed E-state index contributed by atoms with van der Waals surface area (Å²) < 4.78 is 0. The Hall–Kier alpha value is -12.7. The van der Waals surface area contributed by atoms with Crippen LogP contribution in [0, 0.1) is 52.5 Å². The summed E-state index contributed by atoms with van der Waals surface area (Å²) in [6.45, 7) is 36.8. The third-order valence-corrected chi connectivity index (χ3v) is 18.9. The van der Waals surface area contributed by atoms with Crippen molar-refractivity contribution in [2.24, 2.45) is 0 Å². The van der Waals surface area contributed by atoms with E-state index in [9.17, 15) is 0 Å². The number of hydrogen-bond donors (Lipinski definition) is 0. The first-order chi connectivity index (χ1) is 53.7. The number of allylic oxidation sites excluding steroid dienone is 5. The van der Waals surface area contributed by atoms with Gasteiger partial charge in [-0.2, -0.15) is 5.26 Å². The van der Waals surface area contributed by atoms with Crippen LogP contribution in [0.15, 0.2) is 376 Å². The lowest BCUT2D eigenvalue weighted by molar-refractivity contribution is 0.640. The Morgan fingerprint density at radius 1 is 0.378 bits per heavy atom. The number of nitriles is 1. The standard InChI is InChI=1S/C15H14.C13H12.2C12H14.2C11H10.C9H6N2.2C9H10.C8H10/c1-13-7-9-15(10-8-13)12-11-14-5-3-2-4-6-14;1-11-7-9-13(10-8-11)12-5-3-2-4-6-12;1-9-8-12(2,3)11-7-5-4-6-10(9)11;1-9-8-10-6-4-5-7-11(10)12(9,2)3;1-9-5-4-7-10-6-2-3-8-11(9)10;1-9-6-7-10-4-2-3-5-11(10)8-9;1-7-3-8(6-10)5-9(4-7)11-2;2*1-2-6-9-7-4-3-5-8-9;1-2-8-6-4-3-5-7-8/h2-12H,1H3;2-10H,1H3;2*4-8H,1-3H3;2*2-8H,1H3;3-5H,1H3;2*2-8H,1H3;3-7H,2H2,1H3/b12-11+;;;;;;;6-2+;6-2-;. The van der Waals surface area contributed by atoms with Gasteiger partial charge in [0.1, 0.15) is 0 Å². The molecule has 0 spiro atoms. The van der Waals surface area contributed by atoms with E-state index >= 15 is 0 Å². The third kappa shape index (κ3) is 29.1. The van der Waals surface area contributed by atoms with Crippen LogP contribution in [0.25, 0.3) is 73.5 Å². The molecule has 2 heteroatoms. The van der Waals surface area contributed by atoms with E-state index in [1.54, 1.807) is 18.2 Å². The zero-order valence-electron chi connectivity index (χ0n) is 67.7. The summed E-state index contributed by atoms with van der Waals surface area (Å²) in [4.78, 5) is 3.24. The van der Waals surface area contributed by atoms with Gasteiger partial charge < -0.3 is 0 Å². The van der Waals surface area contributed by atoms with E-state index in [4.69, 9.17) is 11.8 Å². The Morgan fingerprint density at radius 3 is 1.33 bits per heavy atom. The molecule has 0 N–H and O–H groups in total. The van der Waals surface area contributed by atoms with Gasteiger partial charge in [-0.1, -0.05) is 451 Å². The molecule has 14 aromatic carbocycles. The summed E-state index contributed by atoms with van der Waals surface area (Å²) in [5, 5.41) is 13.9. The van der Waals surface area contributed by atoms with Gasteiger partial charge >= 0.3 is 0 Å². The molecule has 556 valence electrons. The summed E-state index contributed by atoms with van der Waals surface area (Å²) in [5.74, 6) is 0. The zero-order chi connectivity index (χ0) is 79.6.